The van der Waals surface area contributed by atoms with Crippen LogP contribution in [0.25, 0.3) is 0 Å². The van der Waals surface area contributed by atoms with Crippen LogP contribution in [-0.4, -0.2) is 12.1 Å². The van der Waals surface area contributed by atoms with Crippen LogP contribution in [0.15, 0.2) is 0 Å². The molecule has 0 heterocycles. The van der Waals surface area contributed by atoms with E-state index in [1.165, 1.54) is 0 Å². The third kappa shape index (κ3) is 4.01. The highest BCUT2D eigenvalue weighted by Crippen LogP contribution is 2.60. The maximum atomic E-state index is 14.7. The van der Waals surface area contributed by atoms with Gasteiger partial charge < -0.3 is 0 Å². The molecule has 2 saturated carbocycles. The zero-order valence-corrected chi connectivity index (χ0v) is 13.9. The molecule has 0 atom stereocenters. The summed E-state index contributed by atoms with van der Waals surface area (Å²) >= 11 is 0. The van der Waals surface area contributed by atoms with Gasteiger partial charge in [0.15, 0.2) is 0 Å². The van der Waals surface area contributed by atoms with Crippen LogP contribution in [0.2, 0.25) is 0 Å². The van der Waals surface area contributed by atoms with Crippen molar-refractivity contribution in [1.82, 2.24) is 0 Å². The Hall–Kier alpha value is -0.350. The fraction of sp³-hybridized carbons (Fsp3) is 1.00. The number of hydrogen-bond acceptors (Lipinski definition) is 0. The molecule has 2 fully saturated rings. The minimum absolute atomic E-state index is 0.0319. The average Bonchev–Trinajstić information content (AvgIpc) is 2.38. The lowest BCUT2D eigenvalue weighted by Gasteiger charge is -2.48. The van der Waals surface area contributed by atoms with Crippen LogP contribution in [0, 0.1) is 11.3 Å². The van der Waals surface area contributed by atoms with Crippen molar-refractivity contribution in [3.63, 3.8) is 0 Å². The molecule has 136 valence electrons. The van der Waals surface area contributed by atoms with E-state index >= 15 is 0 Å². The summed E-state index contributed by atoms with van der Waals surface area (Å²) in [6, 6.07) is 0. The number of alkyl halides is 5. The van der Waals surface area contributed by atoms with Crippen LogP contribution in [0.3, 0.4) is 0 Å². The summed E-state index contributed by atoms with van der Waals surface area (Å²) in [6.07, 6.45) is 3.80. The van der Waals surface area contributed by atoms with Crippen LogP contribution >= 0.6 is 0 Å². The van der Waals surface area contributed by atoms with Crippen molar-refractivity contribution in [2.24, 2.45) is 11.3 Å². The average molecular weight is 340 g/mol. The first-order chi connectivity index (χ1) is 10.8. The second-order valence-electron chi connectivity index (χ2n) is 7.54. The molecule has 0 aliphatic heterocycles. The van der Waals surface area contributed by atoms with Gasteiger partial charge in [0.2, 0.25) is 0 Å². The highest BCUT2D eigenvalue weighted by Gasteiger charge is 2.70. The van der Waals surface area contributed by atoms with Gasteiger partial charge in [-0.25, -0.2) is 0 Å². The van der Waals surface area contributed by atoms with Gasteiger partial charge in [0.1, 0.15) is 0 Å². The number of rotatable bonds is 2. The van der Waals surface area contributed by atoms with E-state index < -0.39 is 23.4 Å². The molecule has 0 aromatic rings. The molecule has 5 heteroatoms. The van der Waals surface area contributed by atoms with E-state index in [1.807, 2.05) is 0 Å². The van der Waals surface area contributed by atoms with Crippen molar-refractivity contribution in [3.05, 3.63) is 0 Å². The van der Waals surface area contributed by atoms with Crippen LogP contribution in [0.4, 0.5) is 22.0 Å². The summed E-state index contributed by atoms with van der Waals surface area (Å²) in [5.74, 6) is -5.06. The van der Waals surface area contributed by atoms with E-state index in [1.54, 1.807) is 0 Å². The monoisotopic (exact) mass is 340 g/mol. The summed E-state index contributed by atoms with van der Waals surface area (Å²) in [5, 5.41) is 0. The predicted octanol–water partition coefficient (Wildman–Crippen LogP) is 7.28. The smallest absolute Gasteiger partial charge is 0.196 e. The minimum Gasteiger partial charge on any atom is -0.196 e. The number of halogens is 5. The van der Waals surface area contributed by atoms with Gasteiger partial charge >= 0.3 is 12.1 Å². The minimum atomic E-state index is -5.44. The largest absolute Gasteiger partial charge is 0.453 e. The summed E-state index contributed by atoms with van der Waals surface area (Å²) < 4.78 is 69.2. The van der Waals surface area contributed by atoms with Crippen LogP contribution < -0.4 is 0 Å². The molecule has 0 bridgehead atoms. The molecule has 2 aliphatic rings. The molecule has 0 aromatic carbocycles. The van der Waals surface area contributed by atoms with Crippen molar-refractivity contribution in [1.29, 1.82) is 0 Å². The molecule has 0 nitrogen and oxygen atoms in total. The lowest BCUT2D eigenvalue weighted by Crippen LogP contribution is -2.56. The van der Waals surface area contributed by atoms with Gasteiger partial charge in [-0.15, -0.1) is 0 Å². The highest BCUT2D eigenvalue weighted by molar-refractivity contribution is 5.01. The number of hydrogen-bond donors (Lipinski definition) is 0. The topological polar surface area (TPSA) is 0 Å². The van der Waals surface area contributed by atoms with E-state index in [2.05, 4.69) is 0 Å². The Labute approximate surface area is 136 Å². The van der Waals surface area contributed by atoms with Crippen molar-refractivity contribution < 1.29 is 22.0 Å². The summed E-state index contributed by atoms with van der Waals surface area (Å²) in [5.41, 5.74) is -1.87. The molecule has 0 N–H and O–H groups in total. The Balaban J connectivity index is 2.35. The third-order valence-electron chi connectivity index (χ3n) is 6.11. The molecule has 23 heavy (non-hydrogen) atoms. The molecule has 2 aliphatic carbocycles. The lowest BCUT2D eigenvalue weighted by atomic mass is 9.60. The Bertz CT molecular complexity index is 345. The Morgan fingerprint density at radius 3 is 1.39 bits per heavy atom. The molecule has 0 amide bonds. The van der Waals surface area contributed by atoms with Gasteiger partial charge in [0.05, 0.1) is 0 Å². The van der Waals surface area contributed by atoms with E-state index in [-0.39, 0.29) is 12.8 Å². The fourth-order valence-corrected chi connectivity index (χ4v) is 4.81. The Morgan fingerprint density at radius 2 is 0.957 bits per heavy atom. The Kier molecular flexibility index (Phi) is 6.35. The van der Waals surface area contributed by atoms with Gasteiger partial charge in [-0.1, -0.05) is 64.2 Å². The quantitative estimate of drug-likeness (QED) is 0.463. The Morgan fingerprint density at radius 1 is 0.565 bits per heavy atom. The van der Waals surface area contributed by atoms with Crippen molar-refractivity contribution >= 4 is 0 Å². The summed E-state index contributed by atoms with van der Waals surface area (Å²) in [4.78, 5) is 0. The summed E-state index contributed by atoms with van der Waals surface area (Å²) in [7, 11) is 0. The van der Waals surface area contributed by atoms with E-state index in [0.717, 1.165) is 51.4 Å². The van der Waals surface area contributed by atoms with Crippen LogP contribution in [0.5, 0.6) is 0 Å². The second-order valence-corrected chi connectivity index (χ2v) is 7.54. The first-order valence-electron chi connectivity index (χ1n) is 9.26. The molecular formula is C18H29F5. The van der Waals surface area contributed by atoms with Gasteiger partial charge in [-0.05, 0) is 31.6 Å². The van der Waals surface area contributed by atoms with E-state index in [9.17, 15) is 22.0 Å². The zero-order valence-electron chi connectivity index (χ0n) is 13.9. The van der Waals surface area contributed by atoms with Crippen LogP contribution in [0.1, 0.15) is 89.9 Å². The molecule has 0 spiro atoms. The molecule has 2 rings (SSSR count). The van der Waals surface area contributed by atoms with Crippen LogP contribution in [-0.2, 0) is 0 Å². The second kappa shape index (κ2) is 7.69. The van der Waals surface area contributed by atoms with Gasteiger partial charge in [-0.3, -0.25) is 0 Å². The highest BCUT2D eigenvalue weighted by atomic mass is 19.4. The fourth-order valence-electron chi connectivity index (χ4n) is 4.81. The van der Waals surface area contributed by atoms with Crippen molar-refractivity contribution in [2.75, 3.05) is 0 Å². The van der Waals surface area contributed by atoms with E-state index in [0.29, 0.717) is 25.7 Å². The van der Waals surface area contributed by atoms with E-state index in [4.69, 9.17) is 0 Å². The first-order valence-corrected chi connectivity index (χ1v) is 9.26. The summed E-state index contributed by atoms with van der Waals surface area (Å²) in [6.45, 7) is 0. The lowest BCUT2D eigenvalue weighted by molar-refractivity contribution is -0.340. The first kappa shape index (κ1) is 19.0. The van der Waals surface area contributed by atoms with Crippen molar-refractivity contribution in [2.45, 2.75) is 102 Å². The maximum absolute atomic E-state index is 14.7. The van der Waals surface area contributed by atoms with Crippen molar-refractivity contribution in [3.8, 4) is 0 Å². The molecular weight excluding hydrogens is 311 g/mol. The molecule has 0 saturated heterocycles. The van der Waals surface area contributed by atoms with Gasteiger partial charge in [0, 0.05) is 5.41 Å². The molecule has 0 aromatic heterocycles. The maximum Gasteiger partial charge on any atom is 0.453 e. The SMILES string of the molecule is FC(F)(F)C(F)(F)C1(C2CCCCCCC2)CCCCCCC1. The van der Waals surface area contributed by atoms with Gasteiger partial charge in [0.25, 0.3) is 0 Å². The normalized spacial score (nSPS) is 26.0. The third-order valence-corrected chi connectivity index (χ3v) is 6.11. The predicted molar refractivity (Wildman–Crippen MR) is 81.6 cm³/mol. The molecule has 0 unspecified atom stereocenters. The molecule has 0 radical (unpaired) electrons. The standard InChI is InChI=1S/C18H29F5/c19-17(20,18(21,22)23)16(13-9-5-2-6-10-14-16)15-11-7-3-1-4-8-12-15/h15H,1-14H2. The van der Waals surface area contributed by atoms with Gasteiger partial charge in [-0.2, -0.15) is 22.0 Å². The zero-order chi connectivity index (χ0) is 17.0.